The van der Waals surface area contributed by atoms with Crippen molar-refractivity contribution in [3.05, 3.63) is 29.8 Å². The largest absolute Gasteiger partial charge is 0.478 e. The minimum atomic E-state index is -0.871. The van der Waals surface area contributed by atoms with E-state index < -0.39 is 5.97 Å². The van der Waals surface area contributed by atoms with E-state index in [-0.39, 0.29) is 5.54 Å². The molecule has 86 valence electrons. The first kappa shape index (κ1) is 11.0. The molecule has 2 N–H and O–H groups in total. The number of hydrogen-bond donors (Lipinski definition) is 2. The molecule has 0 radical (unpaired) electrons. The van der Waals surface area contributed by atoms with Crippen LogP contribution in [0.15, 0.2) is 24.3 Å². The van der Waals surface area contributed by atoms with Crippen LogP contribution in [0.25, 0.3) is 0 Å². The van der Waals surface area contributed by atoms with Crippen molar-refractivity contribution >= 4 is 11.7 Å². The van der Waals surface area contributed by atoms with Crippen LogP contribution in [0.1, 0.15) is 43.0 Å². The van der Waals surface area contributed by atoms with Crippen molar-refractivity contribution in [3.8, 4) is 0 Å². The van der Waals surface area contributed by atoms with Gasteiger partial charge in [-0.25, -0.2) is 4.79 Å². The van der Waals surface area contributed by atoms with Gasteiger partial charge >= 0.3 is 5.97 Å². The molecule has 16 heavy (non-hydrogen) atoms. The quantitative estimate of drug-likeness (QED) is 0.821. The maximum absolute atomic E-state index is 11.1. The molecule has 0 unspecified atom stereocenters. The first-order chi connectivity index (χ1) is 7.61. The summed E-state index contributed by atoms with van der Waals surface area (Å²) in [6.45, 7) is 2.17. The molecule has 0 bridgehead atoms. The van der Waals surface area contributed by atoms with E-state index in [2.05, 4.69) is 12.2 Å². The van der Waals surface area contributed by atoms with Gasteiger partial charge in [0, 0.05) is 11.2 Å². The summed E-state index contributed by atoms with van der Waals surface area (Å²) >= 11 is 0. The third-order valence-electron chi connectivity index (χ3n) is 3.30. The van der Waals surface area contributed by atoms with Gasteiger partial charge in [-0.2, -0.15) is 0 Å². The Morgan fingerprint density at radius 2 is 1.94 bits per heavy atom. The number of nitrogens with one attached hydrogen (secondary N) is 1. The summed E-state index contributed by atoms with van der Waals surface area (Å²) in [6, 6.07) is 7.11. The first-order valence-electron chi connectivity index (χ1n) is 5.71. The maximum atomic E-state index is 11.1. The summed E-state index contributed by atoms with van der Waals surface area (Å²) in [6.07, 6.45) is 4.67. The highest BCUT2D eigenvalue weighted by Gasteiger charge is 2.29. The molecule has 0 heterocycles. The molecule has 0 saturated heterocycles. The summed E-state index contributed by atoms with van der Waals surface area (Å²) in [5.41, 5.74) is 1.15. The predicted octanol–water partition coefficient (Wildman–Crippen LogP) is 3.13. The summed E-state index contributed by atoms with van der Waals surface area (Å²) in [5.74, 6) is -0.871. The SMILES string of the molecule is CC1(Nc2ccccc2C(=O)O)CCCC1. The highest BCUT2D eigenvalue weighted by molar-refractivity contribution is 5.94. The second-order valence-corrected chi connectivity index (χ2v) is 4.74. The lowest BCUT2D eigenvalue weighted by Gasteiger charge is -2.27. The Kier molecular flexibility index (Phi) is 2.86. The van der Waals surface area contributed by atoms with E-state index >= 15 is 0 Å². The van der Waals surface area contributed by atoms with Crippen molar-refractivity contribution in [2.75, 3.05) is 5.32 Å². The summed E-state index contributed by atoms with van der Waals surface area (Å²) in [7, 11) is 0. The zero-order chi connectivity index (χ0) is 11.6. The fraction of sp³-hybridized carbons (Fsp3) is 0.462. The van der Waals surface area contributed by atoms with Crippen LogP contribution in [0.5, 0.6) is 0 Å². The predicted molar refractivity (Wildman–Crippen MR) is 63.9 cm³/mol. The molecule has 0 aliphatic heterocycles. The van der Waals surface area contributed by atoms with Crippen LogP contribution in [0.3, 0.4) is 0 Å². The number of rotatable bonds is 3. The van der Waals surface area contributed by atoms with Crippen LogP contribution >= 0.6 is 0 Å². The number of hydrogen-bond acceptors (Lipinski definition) is 2. The number of anilines is 1. The zero-order valence-corrected chi connectivity index (χ0v) is 9.49. The Morgan fingerprint density at radius 1 is 1.31 bits per heavy atom. The summed E-state index contributed by atoms with van der Waals surface area (Å²) in [5, 5.41) is 12.5. The lowest BCUT2D eigenvalue weighted by Crippen LogP contribution is -2.31. The summed E-state index contributed by atoms with van der Waals surface area (Å²) in [4.78, 5) is 11.1. The van der Waals surface area contributed by atoms with Gasteiger partial charge in [0.2, 0.25) is 0 Å². The average Bonchev–Trinajstić information content (AvgIpc) is 2.65. The standard InChI is InChI=1S/C13H17NO2/c1-13(8-4-5-9-13)14-11-7-3-2-6-10(11)12(15)16/h2-3,6-7,14H,4-5,8-9H2,1H3,(H,15,16). The minimum absolute atomic E-state index is 0.0611. The van der Waals surface area contributed by atoms with Crippen LogP contribution in [0.2, 0.25) is 0 Å². The van der Waals surface area contributed by atoms with Crippen LogP contribution in [0, 0.1) is 0 Å². The lowest BCUT2D eigenvalue weighted by molar-refractivity contribution is 0.0698. The lowest BCUT2D eigenvalue weighted by atomic mass is 9.99. The Bertz CT molecular complexity index is 395. The molecule has 0 atom stereocenters. The molecular formula is C13H17NO2. The normalized spacial score (nSPS) is 18.3. The van der Waals surface area contributed by atoms with Crippen LogP contribution < -0.4 is 5.32 Å². The molecule has 3 nitrogen and oxygen atoms in total. The third-order valence-corrected chi connectivity index (χ3v) is 3.30. The van der Waals surface area contributed by atoms with Crippen molar-refractivity contribution in [2.45, 2.75) is 38.1 Å². The van der Waals surface area contributed by atoms with E-state index in [4.69, 9.17) is 5.11 Å². The van der Waals surface area contributed by atoms with Gasteiger partial charge in [-0.1, -0.05) is 25.0 Å². The van der Waals surface area contributed by atoms with E-state index in [1.807, 2.05) is 12.1 Å². The molecule has 0 aromatic heterocycles. The molecule has 1 aliphatic rings. The van der Waals surface area contributed by atoms with Crippen molar-refractivity contribution < 1.29 is 9.90 Å². The molecule has 1 aromatic carbocycles. The highest BCUT2D eigenvalue weighted by Crippen LogP contribution is 2.33. The van der Waals surface area contributed by atoms with E-state index in [9.17, 15) is 4.79 Å². The Morgan fingerprint density at radius 3 is 2.56 bits per heavy atom. The second-order valence-electron chi connectivity index (χ2n) is 4.74. The van der Waals surface area contributed by atoms with Crippen LogP contribution in [-0.4, -0.2) is 16.6 Å². The highest BCUT2D eigenvalue weighted by atomic mass is 16.4. The van der Waals surface area contributed by atoms with E-state index in [0.717, 1.165) is 18.5 Å². The van der Waals surface area contributed by atoms with Gasteiger partial charge < -0.3 is 10.4 Å². The van der Waals surface area contributed by atoms with E-state index in [1.165, 1.54) is 12.8 Å². The molecule has 3 heteroatoms. The second kappa shape index (κ2) is 4.16. The Balaban J connectivity index is 2.23. The van der Waals surface area contributed by atoms with Crippen molar-refractivity contribution in [1.82, 2.24) is 0 Å². The molecule has 1 saturated carbocycles. The fourth-order valence-electron chi connectivity index (χ4n) is 2.38. The van der Waals surface area contributed by atoms with Gasteiger partial charge in [-0.3, -0.25) is 0 Å². The third kappa shape index (κ3) is 2.18. The van der Waals surface area contributed by atoms with E-state index in [1.54, 1.807) is 12.1 Å². The molecule has 2 rings (SSSR count). The van der Waals surface area contributed by atoms with Crippen LogP contribution in [-0.2, 0) is 0 Å². The Hall–Kier alpha value is -1.51. The monoisotopic (exact) mass is 219 g/mol. The van der Waals surface area contributed by atoms with Crippen molar-refractivity contribution in [1.29, 1.82) is 0 Å². The molecule has 0 amide bonds. The maximum Gasteiger partial charge on any atom is 0.337 e. The molecular weight excluding hydrogens is 202 g/mol. The van der Waals surface area contributed by atoms with Gasteiger partial charge in [0.1, 0.15) is 0 Å². The zero-order valence-electron chi connectivity index (χ0n) is 9.49. The van der Waals surface area contributed by atoms with E-state index in [0.29, 0.717) is 5.56 Å². The van der Waals surface area contributed by atoms with Crippen molar-refractivity contribution in [3.63, 3.8) is 0 Å². The van der Waals surface area contributed by atoms with Gasteiger partial charge in [0.05, 0.1) is 5.56 Å². The van der Waals surface area contributed by atoms with Gasteiger partial charge in [-0.05, 0) is 31.9 Å². The number of carboxylic acid groups (broad SMARTS) is 1. The summed E-state index contributed by atoms with van der Waals surface area (Å²) < 4.78 is 0. The van der Waals surface area contributed by atoms with Crippen LogP contribution in [0.4, 0.5) is 5.69 Å². The fourth-order valence-corrected chi connectivity index (χ4v) is 2.38. The van der Waals surface area contributed by atoms with Crippen molar-refractivity contribution in [2.24, 2.45) is 0 Å². The molecule has 1 fully saturated rings. The molecule has 1 aromatic rings. The molecule has 0 spiro atoms. The van der Waals surface area contributed by atoms with Gasteiger partial charge in [0.25, 0.3) is 0 Å². The Labute approximate surface area is 95.5 Å². The van der Waals surface area contributed by atoms with Gasteiger partial charge in [-0.15, -0.1) is 0 Å². The minimum Gasteiger partial charge on any atom is -0.478 e. The average molecular weight is 219 g/mol. The number of aromatic carboxylic acids is 1. The number of para-hydroxylation sites is 1. The number of carbonyl (C=O) groups is 1. The molecule has 1 aliphatic carbocycles. The number of benzene rings is 1. The topological polar surface area (TPSA) is 49.3 Å². The smallest absolute Gasteiger partial charge is 0.337 e. The first-order valence-corrected chi connectivity index (χ1v) is 5.71. The van der Waals surface area contributed by atoms with Gasteiger partial charge in [0.15, 0.2) is 0 Å². The number of carboxylic acids is 1.